The molecule has 28 heavy (non-hydrogen) atoms. The summed E-state index contributed by atoms with van der Waals surface area (Å²) in [5, 5.41) is 21.0. The number of aromatic nitrogens is 2. The van der Waals surface area contributed by atoms with Gasteiger partial charge in [-0.3, -0.25) is 0 Å². The summed E-state index contributed by atoms with van der Waals surface area (Å²) in [5.74, 6) is 1.85. The molecule has 8 nitrogen and oxygen atoms in total. The SMILES string of the molecule is NCCOc1cccc2c1Nc1nc(=S)n([C@@H]3S[C@H](CO)C(O)C3F)cc1O2. The lowest BCUT2D eigenvalue weighted by atomic mass is 10.1. The average Bonchev–Trinajstić information content (AvgIpc) is 2.98. The molecule has 2 unspecified atom stereocenters. The van der Waals surface area contributed by atoms with E-state index in [9.17, 15) is 14.6 Å². The topological polar surface area (TPSA) is 115 Å². The number of ether oxygens (including phenoxy) is 2. The van der Waals surface area contributed by atoms with Gasteiger partial charge in [-0.1, -0.05) is 6.07 Å². The number of thioether (sulfide) groups is 1. The molecule has 0 spiro atoms. The van der Waals surface area contributed by atoms with E-state index in [0.717, 1.165) is 11.8 Å². The van der Waals surface area contributed by atoms with Crippen molar-refractivity contribution in [1.82, 2.24) is 9.55 Å². The Hall–Kier alpha value is -1.92. The number of halogens is 1. The van der Waals surface area contributed by atoms with E-state index in [1.807, 2.05) is 0 Å². The van der Waals surface area contributed by atoms with Crippen LogP contribution in [0, 0.1) is 4.77 Å². The molecule has 4 atom stereocenters. The molecule has 1 aromatic carbocycles. The first-order valence-corrected chi connectivity index (χ1v) is 10.0. The Bertz CT molecular complexity index is 944. The van der Waals surface area contributed by atoms with Crippen LogP contribution < -0.4 is 20.5 Å². The van der Waals surface area contributed by atoms with Gasteiger partial charge in [-0.2, -0.15) is 4.98 Å². The van der Waals surface area contributed by atoms with E-state index in [1.54, 1.807) is 24.4 Å². The van der Waals surface area contributed by atoms with Crippen LogP contribution in [0.3, 0.4) is 0 Å². The molecule has 0 radical (unpaired) electrons. The van der Waals surface area contributed by atoms with Crippen molar-refractivity contribution < 1.29 is 24.1 Å². The van der Waals surface area contributed by atoms with Crippen LogP contribution in [-0.2, 0) is 0 Å². The molecule has 0 aliphatic carbocycles. The molecule has 3 heterocycles. The molecule has 11 heteroatoms. The number of nitrogens with two attached hydrogens (primary N) is 1. The van der Waals surface area contributed by atoms with Crippen molar-refractivity contribution in [2.45, 2.75) is 22.9 Å². The van der Waals surface area contributed by atoms with Crippen molar-refractivity contribution in [3.63, 3.8) is 0 Å². The highest BCUT2D eigenvalue weighted by atomic mass is 32.2. The number of benzene rings is 1. The minimum Gasteiger partial charge on any atom is -0.490 e. The van der Waals surface area contributed by atoms with Crippen molar-refractivity contribution in [2.24, 2.45) is 5.73 Å². The minimum atomic E-state index is -1.59. The molecule has 1 fully saturated rings. The summed E-state index contributed by atoms with van der Waals surface area (Å²) in [7, 11) is 0. The molecule has 1 aromatic heterocycles. The molecule has 2 aliphatic heterocycles. The molecular weight excluding hydrogens is 407 g/mol. The van der Waals surface area contributed by atoms with Crippen LogP contribution >= 0.6 is 24.0 Å². The number of anilines is 2. The molecule has 2 aliphatic rings. The maximum atomic E-state index is 14.6. The number of fused-ring (bicyclic) bond motifs is 2. The summed E-state index contributed by atoms with van der Waals surface area (Å²) in [4.78, 5) is 4.33. The van der Waals surface area contributed by atoms with Gasteiger partial charge >= 0.3 is 0 Å². The Kier molecular flexibility index (Phi) is 5.43. The Labute approximate surface area is 169 Å². The normalized spacial score (nSPS) is 25.4. The van der Waals surface area contributed by atoms with E-state index in [-0.39, 0.29) is 11.4 Å². The minimum absolute atomic E-state index is 0.129. The van der Waals surface area contributed by atoms with Crippen LogP contribution in [-0.4, -0.2) is 57.0 Å². The van der Waals surface area contributed by atoms with Crippen LogP contribution in [0.15, 0.2) is 24.4 Å². The largest absolute Gasteiger partial charge is 0.490 e. The first kappa shape index (κ1) is 19.4. The second-order valence-corrected chi connectivity index (χ2v) is 8.05. The number of hydrogen-bond acceptors (Lipinski definition) is 9. The van der Waals surface area contributed by atoms with Gasteiger partial charge in [0.25, 0.3) is 0 Å². The lowest BCUT2D eigenvalue weighted by molar-refractivity contribution is 0.0633. The van der Waals surface area contributed by atoms with E-state index >= 15 is 0 Å². The summed E-state index contributed by atoms with van der Waals surface area (Å²) in [6.07, 6.45) is -1.31. The summed E-state index contributed by atoms with van der Waals surface area (Å²) in [6.45, 7) is 0.399. The highest BCUT2D eigenvalue weighted by Crippen LogP contribution is 2.48. The number of para-hydroxylation sites is 1. The zero-order valence-corrected chi connectivity index (χ0v) is 16.3. The number of nitrogens with zero attached hydrogens (tertiary/aromatic N) is 2. The van der Waals surface area contributed by atoms with E-state index in [0.29, 0.717) is 41.9 Å². The highest BCUT2D eigenvalue weighted by molar-refractivity contribution is 8.00. The summed E-state index contributed by atoms with van der Waals surface area (Å²) in [6, 6.07) is 5.33. The average molecular weight is 426 g/mol. The van der Waals surface area contributed by atoms with Crippen LogP contribution in [0.2, 0.25) is 0 Å². The Balaban J connectivity index is 1.67. The van der Waals surface area contributed by atoms with Gasteiger partial charge in [0.15, 0.2) is 23.5 Å². The Morgan fingerprint density at radius 1 is 1.43 bits per heavy atom. The first-order valence-electron chi connectivity index (χ1n) is 8.66. The second-order valence-electron chi connectivity index (χ2n) is 6.32. The third kappa shape index (κ3) is 3.33. The van der Waals surface area contributed by atoms with E-state index in [4.69, 9.17) is 27.4 Å². The van der Waals surface area contributed by atoms with E-state index in [1.165, 1.54) is 4.57 Å². The monoisotopic (exact) mass is 426 g/mol. The highest BCUT2D eigenvalue weighted by Gasteiger charge is 2.44. The quantitative estimate of drug-likeness (QED) is 0.455. The van der Waals surface area contributed by atoms with Crippen molar-refractivity contribution in [2.75, 3.05) is 25.1 Å². The maximum absolute atomic E-state index is 14.6. The summed E-state index contributed by atoms with van der Waals surface area (Å²) in [5.41, 5.74) is 6.10. The number of aliphatic hydroxyl groups is 2. The molecule has 1 saturated heterocycles. The molecule has 0 amide bonds. The van der Waals surface area contributed by atoms with Gasteiger partial charge in [-0.15, -0.1) is 11.8 Å². The number of aliphatic hydroxyl groups excluding tert-OH is 2. The molecule has 0 bridgehead atoms. The molecule has 5 N–H and O–H groups in total. The van der Waals surface area contributed by atoms with Gasteiger partial charge in [0.2, 0.25) is 4.77 Å². The smallest absolute Gasteiger partial charge is 0.202 e. The van der Waals surface area contributed by atoms with Crippen molar-refractivity contribution in [3.8, 4) is 17.2 Å². The van der Waals surface area contributed by atoms with Crippen molar-refractivity contribution in [1.29, 1.82) is 0 Å². The summed E-state index contributed by atoms with van der Waals surface area (Å²) < 4.78 is 27.7. The third-order valence-electron chi connectivity index (χ3n) is 4.49. The van der Waals surface area contributed by atoms with Gasteiger partial charge < -0.3 is 35.3 Å². The third-order valence-corrected chi connectivity index (χ3v) is 6.34. The van der Waals surface area contributed by atoms with Crippen molar-refractivity contribution >= 4 is 35.5 Å². The molecule has 4 rings (SSSR count). The van der Waals surface area contributed by atoms with Crippen LogP contribution in [0.25, 0.3) is 0 Å². The number of alkyl halides is 1. The Morgan fingerprint density at radius 2 is 2.25 bits per heavy atom. The van der Waals surface area contributed by atoms with Gasteiger partial charge in [0.1, 0.15) is 29.5 Å². The van der Waals surface area contributed by atoms with Crippen LogP contribution in [0.5, 0.6) is 17.2 Å². The predicted octanol–water partition coefficient (Wildman–Crippen LogP) is 2.10. The van der Waals surface area contributed by atoms with Gasteiger partial charge in [-0.25, -0.2) is 4.39 Å². The lowest BCUT2D eigenvalue weighted by Gasteiger charge is -2.25. The van der Waals surface area contributed by atoms with Crippen LogP contribution in [0.4, 0.5) is 15.9 Å². The zero-order valence-electron chi connectivity index (χ0n) is 14.6. The second kappa shape index (κ2) is 7.84. The summed E-state index contributed by atoms with van der Waals surface area (Å²) >= 11 is 6.44. The fourth-order valence-electron chi connectivity index (χ4n) is 3.12. The molecular formula is C17H19FN4O4S2. The zero-order chi connectivity index (χ0) is 19.8. The predicted molar refractivity (Wildman–Crippen MR) is 106 cm³/mol. The fourth-order valence-corrected chi connectivity index (χ4v) is 4.80. The van der Waals surface area contributed by atoms with Gasteiger partial charge in [0, 0.05) is 6.54 Å². The standard InChI is InChI=1S/C17H19FN4O4S2/c18-12-14(24)11(7-23)28-16(12)22-6-10-15(21-17(22)27)20-13-8(25-5-4-19)2-1-3-9(13)26-10/h1-3,6,11-12,14,16,23-24H,4-5,7,19H2,(H,20,21,27)/t11-,12?,14?,16-/m1/s1. The Morgan fingerprint density at radius 3 is 2.96 bits per heavy atom. The molecule has 150 valence electrons. The maximum Gasteiger partial charge on any atom is 0.202 e. The number of rotatable bonds is 5. The lowest BCUT2D eigenvalue weighted by Crippen LogP contribution is -2.30. The number of hydrogen-bond donors (Lipinski definition) is 4. The van der Waals surface area contributed by atoms with E-state index < -0.39 is 22.9 Å². The first-order chi connectivity index (χ1) is 13.5. The fraction of sp³-hybridized carbons (Fsp3) is 0.412. The molecule has 2 aromatic rings. The number of nitrogens with one attached hydrogen (secondary N) is 1. The molecule has 0 saturated carbocycles. The van der Waals surface area contributed by atoms with Gasteiger partial charge in [0.05, 0.1) is 18.1 Å². The van der Waals surface area contributed by atoms with Crippen LogP contribution in [0.1, 0.15) is 5.37 Å². The van der Waals surface area contributed by atoms with E-state index in [2.05, 4.69) is 10.3 Å². The van der Waals surface area contributed by atoms with Gasteiger partial charge in [-0.05, 0) is 24.4 Å². The van der Waals surface area contributed by atoms with Crippen molar-refractivity contribution in [3.05, 3.63) is 29.2 Å².